The number of piperidine rings is 2. The number of pyridine rings is 1. The van der Waals surface area contributed by atoms with E-state index < -0.39 is 22.9 Å². The summed E-state index contributed by atoms with van der Waals surface area (Å²) in [5.74, 6) is 0.156. The first-order valence-corrected chi connectivity index (χ1v) is 21.5. The number of hydrogen-bond acceptors (Lipinski definition) is 11. The summed E-state index contributed by atoms with van der Waals surface area (Å²) >= 11 is 0. The molecule has 2 aromatic heterocycles. The van der Waals surface area contributed by atoms with Crippen LogP contribution in [0.15, 0.2) is 103 Å². The Morgan fingerprint density at radius 1 is 0.703 bits per heavy atom. The minimum atomic E-state index is -0.694. The van der Waals surface area contributed by atoms with E-state index in [9.17, 15) is 19.2 Å². The summed E-state index contributed by atoms with van der Waals surface area (Å²) in [5.41, 5.74) is 8.95. The predicted octanol–water partition coefficient (Wildman–Crippen LogP) is 5.01. The minimum absolute atomic E-state index is 0.0248. The molecule has 0 radical (unpaired) electrons. The average Bonchev–Trinajstić information content (AvgIpc) is 3.63. The first-order valence-electron chi connectivity index (χ1n) is 21.5. The fraction of sp³-hybridized carbons (Fsp3) is 0.333. The Morgan fingerprint density at radius 3 is 1.88 bits per heavy atom. The van der Waals surface area contributed by atoms with Crippen LogP contribution in [-0.2, 0) is 22.7 Å². The van der Waals surface area contributed by atoms with Crippen molar-refractivity contribution in [2.75, 3.05) is 26.2 Å². The van der Waals surface area contributed by atoms with Gasteiger partial charge >= 0.3 is 0 Å². The molecule has 2 saturated heterocycles. The molecule has 2 aliphatic rings. The second kappa shape index (κ2) is 20.6. The first kappa shape index (κ1) is 45.3. The Morgan fingerprint density at radius 2 is 1.27 bits per heavy atom. The summed E-state index contributed by atoms with van der Waals surface area (Å²) in [5, 5.41) is 31.5. The lowest BCUT2D eigenvalue weighted by Crippen LogP contribution is -2.56. The van der Waals surface area contributed by atoms with Crippen LogP contribution in [0.25, 0.3) is 21.9 Å². The predicted molar refractivity (Wildman–Crippen MR) is 241 cm³/mol. The molecule has 0 spiro atoms. The van der Waals surface area contributed by atoms with Crippen molar-refractivity contribution in [3.63, 3.8) is 0 Å². The zero-order chi connectivity index (χ0) is 45.1. The lowest BCUT2D eigenvalue weighted by atomic mass is 9.84. The Bertz CT molecular complexity index is 2600. The smallest absolute Gasteiger partial charge is 0.251 e. The second-order valence-corrected chi connectivity index (χ2v) is 16.6. The van der Waals surface area contributed by atoms with Crippen molar-refractivity contribution >= 4 is 45.6 Å². The highest BCUT2D eigenvalue weighted by Crippen LogP contribution is 2.27. The fourth-order valence-corrected chi connectivity index (χ4v) is 8.55. The van der Waals surface area contributed by atoms with E-state index in [-0.39, 0.29) is 24.7 Å². The number of hydrogen-bond donors (Lipinski definition) is 8. The Hall–Kier alpha value is -6.72. The topological polar surface area (TPSA) is 221 Å². The van der Waals surface area contributed by atoms with Crippen LogP contribution in [0.5, 0.6) is 5.75 Å². The molecule has 0 bridgehead atoms. The highest BCUT2D eigenvalue weighted by atomic mass is 16.5. The molecule has 0 atom stereocenters. The van der Waals surface area contributed by atoms with Crippen LogP contribution in [0.3, 0.4) is 0 Å². The van der Waals surface area contributed by atoms with Crippen molar-refractivity contribution in [3.05, 3.63) is 137 Å². The first-order chi connectivity index (χ1) is 31.0. The number of benzene rings is 4. The van der Waals surface area contributed by atoms with Gasteiger partial charge in [-0.2, -0.15) is 0 Å². The number of amides is 4. The molecule has 4 amide bonds. The summed E-state index contributed by atoms with van der Waals surface area (Å²) in [7, 11) is 0. The molecule has 2 aliphatic heterocycles. The van der Waals surface area contributed by atoms with Crippen molar-refractivity contribution in [3.8, 4) is 5.75 Å². The molecule has 0 saturated carbocycles. The van der Waals surface area contributed by atoms with Crippen LogP contribution >= 0.6 is 0 Å². The molecule has 8 rings (SSSR count). The van der Waals surface area contributed by atoms with Gasteiger partial charge in [-0.3, -0.25) is 34.6 Å². The molecule has 16 nitrogen and oxygen atoms in total. The van der Waals surface area contributed by atoms with Crippen LogP contribution in [0.2, 0.25) is 0 Å². The van der Waals surface area contributed by atoms with Gasteiger partial charge in [-0.15, -0.1) is 0 Å². The van der Waals surface area contributed by atoms with Crippen LogP contribution in [-0.4, -0.2) is 85.8 Å². The van der Waals surface area contributed by atoms with Gasteiger partial charge in [-0.05, 0) is 131 Å². The summed E-state index contributed by atoms with van der Waals surface area (Å²) in [6.45, 7) is 7.73. The molecule has 2 fully saturated rings. The van der Waals surface area contributed by atoms with Crippen molar-refractivity contribution in [1.82, 2.24) is 46.8 Å². The SMILES string of the molecule is Cc1cc(C(=O)NC2(CC(=O)NO)CCNCC2)ccc1OCc1ccnc2ccccc12.Cc1nc2ccccc2n1Cc1ccc(C(=O)NC2(CC(=O)NO)CCNCC2)cc1. The van der Waals surface area contributed by atoms with Crippen molar-refractivity contribution in [2.24, 2.45) is 0 Å². The zero-order valence-electron chi connectivity index (χ0n) is 36.1. The number of nitrogens with one attached hydrogen (secondary N) is 6. The third kappa shape index (κ3) is 11.1. The van der Waals surface area contributed by atoms with Crippen LogP contribution < -0.4 is 37.0 Å². The van der Waals surface area contributed by atoms with E-state index in [1.807, 2.05) is 74.5 Å². The van der Waals surface area contributed by atoms with Gasteiger partial charge < -0.3 is 30.6 Å². The zero-order valence-corrected chi connectivity index (χ0v) is 36.1. The monoisotopic (exact) mass is 869 g/mol. The maximum absolute atomic E-state index is 13.0. The van der Waals surface area contributed by atoms with E-state index in [0.717, 1.165) is 44.5 Å². The Labute approximate surface area is 371 Å². The Balaban J connectivity index is 0.000000192. The van der Waals surface area contributed by atoms with Gasteiger partial charge in [0.1, 0.15) is 18.2 Å². The molecule has 64 heavy (non-hydrogen) atoms. The number of ether oxygens (including phenoxy) is 1. The molecule has 6 aromatic rings. The second-order valence-electron chi connectivity index (χ2n) is 16.6. The van der Waals surface area contributed by atoms with Gasteiger partial charge in [0.25, 0.3) is 11.8 Å². The van der Waals surface area contributed by atoms with E-state index >= 15 is 0 Å². The van der Waals surface area contributed by atoms with Crippen LogP contribution in [0.4, 0.5) is 0 Å². The number of carbonyl (C=O) groups is 4. The highest BCUT2D eigenvalue weighted by Gasteiger charge is 2.37. The molecule has 0 aliphatic carbocycles. The molecule has 334 valence electrons. The lowest BCUT2D eigenvalue weighted by Gasteiger charge is -2.37. The van der Waals surface area contributed by atoms with Gasteiger partial charge in [0.2, 0.25) is 11.8 Å². The number of fused-ring (bicyclic) bond motifs is 2. The third-order valence-corrected chi connectivity index (χ3v) is 12.1. The van der Waals surface area contributed by atoms with E-state index in [4.69, 9.17) is 15.2 Å². The molecule has 16 heteroatoms. The molecule has 0 unspecified atom stereocenters. The Kier molecular flexibility index (Phi) is 14.6. The number of hydroxylamine groups is 2. The highest BCUT2D eigenvalue weighted by molar-refractivity contribution is 5.96. The number of imidazole rings is 1. The number of carbonyl (C=O) groups excluding carboxylic acids is 4. The van der Waals surface area contributed by atoms with Crippen molar-refractivity contribution in [1.29, 1.82) is 0 Å². The number of para-hydroxylation sites is 3. The normalized spacial score (nSPS) is 15.3. The van der Waals surface area contributed by atoms with E-state index in [1.165, 1.54) is 0 Å². The molecular weight excluding hydrogens is 815 g/mol. The van der Waals surface area contributed by atoms with E-state index in [0.29, 0.717) is 81.9 Å². The molecule has 8 N–H and O–H groups in total. The summed E-state index contributed by atoms with van der Waals surface area (Å²) in [4.78, 5) is 58.5. The number of nitrogens with zero attached hydrogens (tertiary/aromatic N) is 3. The number of aromatic nitrogens is 3. The lowest BCUT2D eigenvalue weighted by molar-refractivity contribution is -0.131. The summed E-state index contributed by atoms with van der Waals surface area (Å²) < 4.78 is 8.21. The molecular formula is C48H55N9O7. The molecule has 4 heterocycles. The van der Waals surface area contributed by atoms with Gasteiger partial charge in [0.05, 0.1) is 40.5 Å². The maximum atomic E-state index is 13.0. The maximum Gasteiger partial charge on any atom is 0.251 e. The molecule has 4 aromatic carbocycles. The van der Waals surface area contributed by atoms with Gasteiger partial charge in [0, 0.05) is 34.8 Å². The number of rotatable bonds is 13. The van der Waals surface area contributed by atoms with Gasteiger partial charge in [0.15, 0.2) is 0 Å². The van der Waals surface area contributed by atoms with E-state index in [2.05, 4.69) is 41.9 Å². The van der Waals surface area contributed by atoms with Gasteiger partial charge in [-0.1, -0.05) is 42.5 Å². The van der Waals surface area contributed by atoms with E-state index in [1.54, 1.807) is 47.5 Å². The average molecular weight is 870 g/mol. The van der Waals surface area contributed by atoms with Gasteiger partial charge in [-0.25, -0.2) is 15.9 Å². The van der Waals surface area contributed by atoms with Crippen LogP contribution in [0, 0.1) is 13.8 Å². The van der Waals surface area contributed by atoms with Crippen molar-refractivity contribution in [2.45, 2.75) is 76.6 Å². The largest absolute Gasteiger partial charge is 0.489 e. The standard InChI is InChI=1S/C25H28N4O4.C23H27N5O3/c1-17-14-18(24(31)28-25(15-23(30)29-32)9-12-26-13-10-25)6-7-22(17)33-16-19-8-11-27-21-5-3-2-4-20(19)21;1-16-25-19-4-2-3-5-20(19)28(16)15-17-6-8-18(9-7-17)22(30)26-23(14-21(29)27-31)10-12-24-13-11-23/h2-8,11,14,26,32H,9-10,12-13,15-16H2,1H3,(H,28,31)(H,29,30);2-9,24,31H,10-15H2,1H3,(H,26,30)(H,27,29). The summed E-state index contributed by atoms with van der Waals surface area (Å²) in [6, 6.07) is 30.7. The summed E-state index contributed by atoms with van der Waals surface area (Å²) in [6.07, 6.45) is 4.29. The number of aryl methyl sites for hydroxylation is 2. The van der Waals surface area contributed by atoms with Crippen LogP contribution in [0.1, 0.15) is 81.8 Å². The third-order valence-electron chi connectivity index (χ3n) is 12.1. The fourth-order valence-electron chi connectivity index (χ4n) is 8.55. The van der Waals surface area contributed by atoms with Crippen molar-refractivity contribution < 1.29 is 34.3 Å². The quantitative estimate of drug-likeness (QED) is 0.0570. The minimum Gasteiger partial charge on any atom is -0.489 e.